The maximum absolute atomic E-state index is 12.1. The zero-order valence-corrected chi connectivity index (χ0v) is 10.7. The monoisotopic (exact) mass is 264 g/mol. The molecule has 0 saturated heterocycles. The van der Waals surface area contributed by atoms with Gasteiger partial charge in [-0.1, -0.05) is 0 Å². The van der Waals surface area contributed by atoms with Gasteiger partial charge in [0, 0.05) is 24.6 Å². The molecule has 2 rings (SSSR count). The molecule has 0 aliphatic heterocycles. The second-order valence-electron chi connectivity index (χ2n) is 3.89. The van der Waals surface area contributed by atoms with Gasteiger partial charge >= 0.3 is 0 Å². The van der Waals surface area contributed by atoms with Crippen molar-refractivity contribution in [3.8, 4) is 11.5 Å². The molecule has 0 aliphatic rings. The standard InChI is InChI=1S/C12H12N2O5/c1-13-9-6-7(14(16)17)4-5-8(9)10(18-2)11(19-3)12(13)15/h4-6H,1-3H3. The molecule has 0 unspecified atom stereocenters. The summed E-state index contributed by atoms with van der Waals surface area (Å²) in [6.45, 7) is 0. The summed E-state index contributed by atoms with van der Waals surface area (Å²) in [5, 5.41) is 11.4. The third kappa shape index (κ3) is 1.88. The van der Waals surface area contributed by atoms with Gasteiger partial charge in [0.2, 0.25) is 5.75 Å². The van der Waals surface area contributed by atoms with Crippen LogP contribution in [-0.4, -0.2) is 23.7 Å². The average Bonchev–Trinajstić information content (AvgIpc) is 2.41. The van der Waals surface area contributed by atoms with E-state index in [1.165, 1.54) is 44.0 Å². The van der Waals surface area contributed by atoms with Crippen molar-refractivity contribution in [2.24, 2.45) is 7.05 Å². The Hall–Kier alpha value is -2.57. The number of nitrogens with zero attached hydrogens (tertiary/aromatic N) is 2. The molecular formula is C12H12N2O5. The lowest BCUT2D eigenvalue weighted by Crippen LogP contribution is -2.19. The van der Waals surface area contributed by atoms with Crippen LogP contribution in [0.3, 0.4) is 0 Å². The fraction of sp³-hybridized carbons (Fsp3) is 0.250. The van der Waals surface area contributed by atoms with Gasteiger partial charge < -0.3 is 14.0 Å². The number of aryl methyl sites for hydroxylation is 1. The van der Waals surface area contributed by atoms with Gasteiger partial charge in [-0.15, -0.1) is 0 Å². The van der Waals surface area contributed by atoms with Gasteiger partial charge in [-0.25, -0.2) is 0 Å². The van der Waals surface area contributed by atoms with Crippen LogP contribution in [0.2, 0.25) is 0 Å². The van der Waals surface area contributed by atoms with E-state index in [2.05, 4.69) is 0 Å². The number of rotatable bonds is 3. The van der Waals surface area contributed by atoms with Gasteiger partial charge in [0.15, 0.2) is 5.75 Å². The number of nitro benzene ring substituents is 1. The summed E-state index contributed by atoms with van der Waals surface area (Å²) in [5.41, 5.74) is -0.0843. The summed E-state index contributed by atoms with van der Waals surface area (Å²) in [6.07, 6.45) is 0. The third-order valence-corrected chi connectivity index (χ3v) is 2.91. The normalized spacial score (nSPS) is 10.5. The van der Waals surface area contributed by atoms with Gasteiger partial charge in [-0.05, 0) is 6.07 Å². The molecule has 0 N–H and O–H groups in total. The van der Waals surface area contributed by atoms with Crippen molar-refractivity contribution < 1.29 is 14.4 Å². The SMILES string of the molecule is COc1c(OC)c2ccc([N+](=O)[O-])cc2n(C)c1=O. The molecule has 0 fully saturated rings. The van der Waals surface area contributed by atoms with E-state index in [0.29, 0.717) is 10.9 Å². The summed E-state index contributed by atoms with van der Waals surface area (Å²) in [5.74, 6) is 0.349. The van der Waals surface area contributed by atoms with Crippen molar-refractivity contribution >= 4 is 16.6 Å². The van der Waals surface area contributed by atoms with Gasteiger partial charge in [0.1, 0.15) is 0 Å². The number of ether oxygens (including phenoxy) is 2. The third-order valence-electron chi connectivity index (χ3n) is 2.91. The van der Waals surface area contributed by atoms with E-state index in [0.717, 1.165) is 0 Å². The molecule has 7 nitrogen and oxygen atoms in total. The van der Waals surface area contributed by atoms with Crippen LogP contribution >= 0.6 is 0 Å². The Morgan fingerprint density at radius 2 is 1.84 bits per heavy atom. The molecule has 0 saturated carbocycles. The highest BCUT2D eigenvalue weighted by atomic mass is 16.6. The Balaban J connectivity index is 2.95. The maximum atomic E-state index is 12.1. The quantitative estimate of drug-likeness (QED) is 0.619. The number of pyridine rings is 1. The fourth-order valence-electron chi connectivity index (χ4n) is 1.97. The number of methoxy groups -OCH3 is 2. The van der Waals surface area contributed by atoms with Crippen LogP contribution in [0.5, 0.6) is 11.5 Å². The highest BCUT2D eigenvalue weighted by Gasteiger charge is 2.18. The molecule has 0 radical (unpaired) electrons. The van der Waals surface area contributed by atoms with Crippen LogP contribution in [0, 0.1) is 10.1 Å². The highest BCUT2D eigenvalue weighted by molar-refractivity contribution is 5.89. The smallest absolute Gasteiger partial charge is 0.297 e. The van der Waals surface area contributed by atoms with Crippen molar-refractivity contribution in [2.45, 2.75) is 0 Å². The van der Waals surface area contributed by atoms with Crippen molar-refractivity contribution in [2.75, 3.05) is 14.2 Å². The van der Waals surface area contributed by atoms with Crippen molar-refractivity contribution in [1.82, 2.24) is 4.57 Å². The molecule has 100 valence electrons. The fourth-order valence-corrected chi connectivity index (χ4v) is 1.97. The Morgan fingerprint density at radius 3 is 2.37 bits per heavy atom. The Labute approximate surface area is 108 Å². The number of non-ortho nitro benzene ring substituents is 1. The van der Waals surface area contributed by atoms with E-state index in [1.807, 2.05) is 0 Å². The summed E-state index contributed by atoms with van der Waals surface area (Å²) < 4.78 is 11.5. The van der Waals surface area contributed by atoms with E-state index >= 15 is 0 Å². The average molecular weight is 264 g/mol. The second kappa shape index (κ2) is 4.60. The van der Waals surface area contributed by atoms with Crippen LogP contribution in [0.1, 0.15) is 0 Å². The molecule has 0 bridgehead atoms. The van der Waals surface area contributed by atoms with Crippen LogP contribution in [0.15, 0.2) is 23.0 Å². The molecule has 19 heavy (non-hydrogen) atoms. The lowest BCUT2D eigenvalue weighted by Gasteiger charge is -2.13. The number of hydrogen-bond acceptors (Lipinski definition) is 5. The topological polar surface area (TPSA) is 83.6 Å². The van der Waals surface area contributed by atoms with Gasteiger partial charge in [-0.3, -0.25) is 14.9 Å². The number of fused-ring (bicyclic) bond motifs is 1. The molecule has 0 atom stereocenters. The van der Waals surface area contributed by atoms with Crippen molar-refractivity contribution in [1.29, 1.82) is 0 Å². The Kier molecular flexibility index (Phi) is 3.12. The summed E-state index contributed by atoms with van der Waals surface area (Å²) in [7, 11) is 4.31. The molecule has 7 heteroatoms. The number of hydrogen-bond donors (Lipinski definition) is 0. The van der Waals surface area contributed by atoms with Crippen LogP contribution < -0.4 is 15.0 Å². The van der Waals surface area contributed by atoms with Gasteiger partial charge in [0.25, 0.3) is 11.2 Å². The van der Waals surface area contributed by atoms with E-state index in [-0.39, 0.29) is 17.2 Å². The molecule has 1 aromatic heterocycles. The molecule has 1 heterocycles. The number of aromatic nitrogens is 1. The zero-order valence-electron chi connectivity index (χ0n) is 10.7. The number of nitro groups is 1. The Morgan fingerprint density at radius 1 is 1.21 bits per heavy atom. The van der Waals surface area contributed by atoms with Crippen LogP contribution in [0.4, 0.5) is 5.69 Å². The predicted molar refractivity (Wildman–Crippen MR) is 68.9 cm³/mol. The first-order valence-corrected chi connectivity index (χ1v) is 5.40. The first-order chi connectivity index (χ1) is 9.01. The van der Waals surface area contributed by atoms with E-state index in [1.54, 1.807) is 0 Å². The van der Waals surface area contributed by atoms with Crippen molar-refractivity contribution in [3.05, 3.63) is 38.7 Å². The lowest BCUT2D eigenvalue weighted by atomic mass is 10.1. The zero-order chi connectivity index (χ0) is 14.2. The number of benzene rings is 1. The first kappa shape index (κ1) is 12.9. The largest absolute Gasteiger partial charge is 0.492 e. The summed E-state index contributed by atoms with van der Waals surface area (Å²) in [6, 6.07) is 4.22. The molecule has 1 aromatic carbocycles. The van der Waals surface area contributed by atoms with E-state index < -0.39 is 10.5 Å². The minimum Gasteiger partial charge on any atom is -0.492 e. The van der Waals surface area contributed by atoms with Gasteiger partial charge in [0.05, 0.1) is 24.7 Å². The summed E-state index contributed by atoms with van der Waals surface area (Å²) in [4.78, 5) is 22.3. The minimum absolute atomic E-state index is 0.0753. The first-order valence-electron chi connectivity index (χ1n) is 5.40. The minimum atomic E-state index is -0.513. The molecular weight excluding hydrogens is 252 g/mol. The molecule has 2 aromatic rings. The molecule has 0 amide bonds. The van der Waals surface area contributed by atoms with E-state index in [4.69, 9.17) is 9.47 Å². The van der Waals surface area contributed by atoms with Gasteiger partial charge in [-0.2, -0.15) is 0 Å². The molecule has 0 aliphatic carbocycles. The lowest BCUT2D eigenvalue weighted by molar-refractivity contribution is -0.384. The van der Waals surface area contributed by atoms with Crippen LogP contribution in [-0.2, 0) is 7.05 Å². The molecule has 0 spiro atoms. The van der Waals surface area contributed by atoms with Crippen LogP contribution in [0.25, 0.3) is 10.9 Å². The second-order valence-corrected chi connectivity index (χ2v) is 3.89. The maximum Gasteiger partial charge on any atom is 0.297 e. The highest BCUT2D eigenvalue weighted by Crippen LogP contribution is 2.33. The van der Waals surface area contributed by atoms with Crippen molar-refractivity contribution in [3.63, 3.8) is 0 Å². The Bertz CT molecular complexity index is 720. The van der Waals surface area contributed by atoms with E-state index in [9.17, 15) is 14.9 Å². The summed E-state index contributed by atoms with van der Waals surface area (Å²) >= 11 is 0. The predicted octanol–water partition coefficient (Wildman–Crippen LogP) is 1.46.